The molecule has 1 N–H and O–H groups in total. The molecule has 0 unspecified atom stereocenters. The van der Waals surface area contributed by atoms with Crippen LogP contribution in [0.15, 0.2) is 59.7 Å². The van der Waals surface area contributed by atoms with Crippen molar-refractivity contribution in [3.8, 4) is 5.75 Å². The Hall–Kier alpha value is -2.99. The van der Waals surface area contributed by atoms with E-state index >= 15 is 0 Å². The maximum Gasteiger partial charge on any atom is 0.260 e. The summed E-state index contributed by atoms with van der Waals surface area (Å²) in [5.74, 6) is 0.0333. The molecular formula is C23H26N4O2. The number of hydrogen-bond acceptors (Lipinski definition) is 5. The van der Waals surface area contributed by atoms with Crippen LogP contribution in [0.3, 0.4) is 0 Å². The van der Waals surface area contributed by atoms with Crippen LogP contribution in [-0.4, -0.2) is 37.6 Å². The molecule has 0 amide bonds. The third kappa shape index (κ3) is 4.07. The lowest BCUT2D eigenvalue weighted by molar-refractivity contribution is 0.180. The van der Waals surface area contributed by atoms with Crippen molar-refractivity contribution in [1.29, 1.82) is 0 Å². The Morgan fingerprint density at radius 1 is 1.03 bits per heavy atom. The topological polar surface area (TPSA) is 71.2 Å². The summed E-state index contributed by atoms with van der Waals surface area (Å²) in [6.07, 6.45) is 6.82. The molecule has 6 heteroatoms. The predicted octanol–water partition coefficient (Wildman–Crippen LogP) is 3.28. The number of aromatic hydroxyl groups is 1. The van der Waals surface area contributed by atoms with Gasteiger partial charge in [0.05, 0.1) is 29.5 Å². The van der Waals surface area contributed by atoms with Gasteiger partial charge in [0, 0.05) is 18.1 Å². The molecule has 3 aromatic rings. The molecule has 1 aliphatic rings. The van der Waals surface area contributed by atoms with Crippen LogP contribution in [0.4, 0.5) is 0 Å². The second kappa shape index (κ2) is 8.57. The molecule has 1 atom stereocenters. The van der Waals surface area contributed by atoms with Gasteiger partial charge in [-0.2, -0.15) is 0 Å². The Labute approximate surface area is 170 Å². The van der Waals surface area contributed by atoms with Gasteiger partial charge in [-0.3, -0.25) is 19.7 Å². The van der Waals surface area contributed by atoms with Crippen molar-refractivity contribution in [1.82, 2.24) is 19.4 Å². The minimum atomic E-state index is -0.361. The summed E-state index contributed by atoms with van der Waals surface area (Å²) in [5, 5.41) is 10.8. The second-order valence-electron chi connectivity index (χ2n) is 7.55. The van der Waals surface area contributed by atoms with E-state index in [9.17, 15) is 9.90 Å². The maximum atomic E-state index is 13.6. The number of likely N-dealkylation sites (tertiary alicyclic amines) is 1. The molecule has 4 heterocycles. The molecule has 6 nitrogen and oxygen atoms in total. The number of aryl methyl sites for hydroxylation is 1. The maximum absolute atomic E-state index is 13.6. The van der Waals surface area contributed by atoms with Crippen LogP contribution in [0.2, 0.25) is 0 Å². The van der Waals surface area contributed by atoms with Crippen LogP contribution in [0.5, 0.6) is 5.75 Å². The molecule has 0 aromatic carbocycles. The fraction of sp³-hybridized carbons (Fsp3) is 0.348. The standard InChI is InChI=1S/C23H26N4O2/c1-17-15-20(28)21(23(29)27(17)16-18-9-3-5-11-24-18)22(19-10-4-6-12-25-19)26-13-7-2-8-14-26/h3-6,9-12,15,22,28H,2,7-8,13-14,16H2,1H3/t22-/m1/s1. The monoisotopic (exact) mass is 390 g/mol. The average Bonchev–Trinajstić information content (AvgIpc) is 2.76. The normalized spacial score (nSPS) is 15.9. The molecule has 3 aromatic heterocycles. The third-order valence-corrected chi connectivity index (χ3v) is 5.57. The first-order chi connectivity index (χ1) is 14.1. The SMILES string of the molecule is Cc1cc(O)c([C@@H](c2ccccn2)N2CCCCC2)c(=O)n1Cc1ccccn1. The van der Waals surface area contributed by atoms with Gasteiger partial charge in [0.15, 0.2) is 0 Å². The summed E-state index contributed by atoms with van der Waals surface area (Å²) in [5.41, 5.74) is 2.51. The van der Waals surface area contributed by atoms with E-state index in [4.69, 9.17) is 0 Å². The van der Waals surface area contributed by atoms with E-state index in [2.05, 4.69) is 14.9 Å². The van der Waals surface area contributed by atoms with Crippen molar-refractivity contribution in [3.63, 3.8) is 0 Å². The Balaban J connectivity index is 1.84. The van der Waals surface area contributed by atoms with Gasteiger partial charge in [-0.05, 0) is 63.2 Å². The summed E-state index contributed by atoms with van der Waals surface area (Å²) in [6, 6.07) is 12.7. The molecule has 1 aliphatic heterocycles. The van der Waals surface area contributed by atoms with Crippen molar-refractivity contribution in [2.45, 2.75) is 38.8 Å². The molecule has 1 saturated heterocycles. The smallest absolute Gasteiger partial charge is 0.260 e. The lowest BCUT2D eigenvalue weighted by Gasteiger charge is -2.34. The highest BCUT2D eigenvalue weighted by Gasteiger charge is 2.30. The van der Waals surface area contributed by atoms with E-state index < -0.39 is 0 Å². The number of rotatable bonds is 5. The number of piperidine rings is 1. The van der Waals surface area contributed by atoms with E-state index in [-0.39, 0.29) is 17.4 Å². The quantitative estimate of drug-likeness (QED) is 0.724. The highest BCUT2D eigenvalue weighted by molar-refractivity contribution is 5.39. The van der Waals surface area contributed by atoms with Gasteiger partial charge in [-0.15, -0.1) is 0 Å². The summed E-state index contributed by atoms with van der Waals surface area (Å²) in [6.45, 7) is 3.97. The van der Waals surface area contributed by atoms with Gasteiger partial charge < -0.3 is 9.67 Å². The summed E-state index contributed by atoms with van der Waals surface area (Å²) in [4.78, 5) is 24.8. The Kier molecular flexibility index (Phi) is 5.71. The first kappa shape index (κ1) is 19.3. The van der Waals surface area contributed by atoms with E-state index in [1.54, 1.807) is 23.0 Å². The number of hydrogen-bond donors (Lipinski definition) is 1. The minimum absolute atomic E-state index is 0.0333. The van der Waals surface area contributed by atoms with Crippen molar-refractivity contribution >= 4 is 0 Å². The van der Waals surface area contributed by atoms with Crippen LogP contribution < -0.4 is 5.56 Å². The second-order valence-corrected chi connectivity index (χ2v) is 7.55. The van der Waals surface area contributed by atoms with Crippen molar-refractivity contribution in [3.05, 3.63) is 87.9 Å². The molecule has 0 bridgehead atoms. The average molecular weight is 390 g/mol. The van der Waals surface area contributed by atoms with Gasteiger partial charge >= 0.3 is 0 Å². The van der Waals surface area contributed by atoms with Gasteiger partial charge in [-0.1, -0.05) is 18.6 Å². The largest absolute Gasteiger partial charge is 0.507 e. The molecule has 0 radical (unpaired) electrons. The van der Waals surface area contributed by atoms with Crippen LogP contribution in [0, 0.1) is 6.92 Å². The molecule has 29 heavy (non-hydrogen) atoms. The Morgan fingerprint density at radius 3 is 2.41 bits per heavy atom. The van der Waals surface area contributed by atoms with E-state index in [1.165, 1.54) is 6.42 Å². The molecule has 4 rings (SSSR count). The molecule has 0 aliphatic carbocycles. The van der Waals surface area contributed by atoms with Gasteiger partial charge in [-0.25, -0.2) is 0 Å². The zero-order valence-electron chi connectivity index (χ0n) is 16.7. The number of aromatic nitrogens is 3. The van der Waals surface area contributed by atoms with E-state index in [0.29, 0.717) is 17.8 Å². The van der Waals surface area contributed by atoms with Crippen molar-refractivity contribution < 1.29 is 5.11 Å². The van der Waals surface area contributed by atoms with Gasteiger partial charge in [0.1, 0.15) is 5.75 Å². The van der Waals surface area contributed by atoms with Crippen LogP contribution in [0.1, 0.15) is 47.9 Å². The molecule has 1 fully saturated rings. The highest BCUT2D eigenvalue weighted by Crippen LogP contribution is 2.33. The van der Waals surface area contributed by atoms with Gasteiger partial charge in [0.2, 0.25) is 0 Å². The fourth-order valence-corrected chi connectivity index (χ4v) is 4.11. The summed E-state index contributed by atoms with van der Waals surface area (Å²) >= 11 is 0. The lowest BCUT2D eigenvalue weighted by Crippen LogP contribution is -2.39. The zero-order valence-corrected chi connectivity index (χ0v) is 16.7. The summed E-state index contributed by atoms with van der Waals surface area (Å²) < 4.78 is 1.69. The minimum Gasteiger partial charge on any atom is -0.507 e. The van der Waals surface area contributed by atoms with Crippen LogP contribution >= 0.6 is 0 Å². The van der Waals surface area contributed by atoms with Crippen molar-refractivity contribution in [2.75, 3.05) is 13.1 Å². The Morgan fingerprint density at radius 2 is 1.76 bits per heavy atom. The third-order valence-electron chi connectivity index (χ3n) is 5.57. The molecule has 0 spiro atoms. The molecule has 150 valence electrons. The summed E-state index contributed by atoms with van der Waals surface area (Å²) in [7, 11) is 0. The van der Waals surface area contributed by atoms with E-state index in [1.807, 2.05) is 43.3 Å². The van der Waals surface area contributed by atoms with Crippen LogP contribution in [-0.2, 0) is 6.54 Å². The lowest BCUT2D eigenvalue weighted by atomic mass is 9.98. The number of pyridine rings is 3. The molecular weight excluding hydrogens is 364 g/mol. The first-order valence-electron chi connectivity index (χ1n) is 10.1. The predicted molar refractivity (Wildman–Crippen MR) is 112 cm³/mol. The van der Waals surface area contributed by atoms with E-state index in [0.717, 1.165) is 37.3 Å². The van der Waals surface area contributed by atoms with Crippen molar-refractivity contribution in [2.24, 2.45) is 0 Å². The van der Waals surface area contributed by atoms with Crippen LogP contribution in [0.25, 0.3) is 0 Å². The highest BCUT2D eigenvalue weighted by atomic mass is 16.3. The zero-order chi connectivity index (χ0) is 20.2. The van der Waals surface area contributed by atoms with Gasteiger partial charge in [0.25, 0.3) is 5.56 Å². The Bertz CT molecular complexity index is 1010. The first-order valence-corrected chi connectivity index (χ1v) is 10.1. The fourth-order valence-electron chi connectivity index (χ4n) is 4.11. The number of nitrogens with zero attached hydrogens (tertiary/aromatic N) is 4. The molecule has 0 saturated carbocycles.